The number of nitrogens with one attached hydrogen (secondary N) is 1. The first-order valence-corrected chi connectivity index (χ1v) is 6.10. The van der Waals surface area contributed by atoms with Crippen molar-refractivity contribution < 1.29 is 10.2 Å². The molecule has 0 fully saturated rings. The summed E-state index contributed by atoms with van der Waals surface area (Å²) in [4.78, 5) is 0. The lowest BCUT2D eigenvalue weighted by atomic mass is 9.92. The Bertz CT molecular complexity index is 353. The molecule has 0 bridgehead atoms. The molecule has 3 nitrogen and oxygen atoms in total. The van der Waals surface area contributed by atoms with Crippen LogP contribution in [-0.2, 0) is 0 Å². The SMILES string of the molecule is C[C@@H](NCC(C)(CO)CO)c1ccccc1Cl. The second-order valence-corrected chi connectivity index (χ2v) is 5.16. The van der Waals surface area contributed by atoms with E-state index in [2.05, 4.69) is 5.32 Å². The van der Waals surface area contributed by atoms with E-state index in [4.69, 9.17) is 11.6 Å². The van der Waals surface area contributed by atoms with E-state index in [9.17, 15) is 10.2 Å². The van der Waals surface area contributed by atoms with Crippen LogP contribution in [0.4, 0.5) is 0 Å². The molecule has 0 aliphatic rings. The first-order valence-electron chi connectivity index (χ1n) is 5.72. The molecule has 0 heterocycles. The second-order valence-electron chi connectivity index (χ2n) is 4.75. The maximum atomic E-state index is 9.20. The molecule has 0 radical (unpaired) electrons. The minimum atomic E-state index is -0.504. The Morgan fingerprint density at radius 1 is 1.29 bits per heavy atom. The average molecular weight is 258 g/mol. The van der Waals surface area contributed by atoms with Gasteiger partial charge in [0.25, 0.3) is 0 Å². The monoisotopic (exact) mass is 257 g/mol. The van der Waals surface area contributed by atoms with Crippen LogP contribution in [0.2, 0.25) is 5.02 Å². The second kappa shape index (κ2) is 6.36. The van der Waals surface area contributed by atoms with Crippen LogP contribution in [0.5, 0.6) is 0 Å². The number of aliphatic hydroxyl groups is 2. The molecule has 0 aliphatic carbocycles. The van der Waals surface area contributed by atoms with Gasteiger partial charge in [0, 0.05) is 23.0 Å². The van der Waals surface area contributed by atoms with Gasteiger partial charge in [0.2, 0.25) is 0 Å². The smallest absolute Gasteiger partial charge is 0.0519 e. The van der Waals surface area contributed by atoms with Gasteiger partial charge in [-0.15, -0.1) is 0 Å². The van der Waals surface area contributed by atoms with E-state index in [1.54, 1.807) is 0 Å². The third-order valence-corrected chi connectivity index (χ3v) is 3.31. The summed E-state index contributed by atoms with van der Waals surface area (Å²) in [6.45, 7) is 4.28. The Morgan fingerprint density at radius 2 is 1.88 bits per heavy atom. The number of benzene rings is 1. The van der Waals surface area contributed by atoms with Crippen LogP contribution in [0, 0.1) is 5.41 Å². The van der Waals surface area contributed by atoms with Crippen LogP contribution < -0.4 is 5.32 Å². The van der Waals surface area contributed by atoms with Gasteiger partial charge in [-0.3, -0.25) is 0 Å². The fraction of sp³-hybridized carbons (Fsp3) is 0.538. The van der Waals surface area contributed by atoms with Crippen molar-refractivity contribution >= 4 is 11.6 Å². The minimum Gasteiger partial charge on any atom is -0.396 e. The van der Waals surface area contributed by atoms with Crippen molar-refractivity contribution in [3.8, 4) is 0 Å². The standard InChI is InChI=1S/C13H20ClNO2/c1-10(11-5-3-4-6-12(11)14)15-7-13(2,8-16)9-17/h3-6,10,15-17H,7-9H2,1-2H3/t10-/m1/s1. The molecule has 4 heteroatoms. The zero-order chi connectivity index (χ0) is 12.9. The Kier molecular flexibility index (Phi) is 5.40. The van der Waals surface area contributed by atoms with Crippen LogP contribution in [0.3, 0.4) is 0 Å². The molecule has 0 aromatic heterocycles. The molecule has 1 atom stereocenters. The molecule has 1 aromatic rings. The van der Waals surface area contributed by atoms with Crippen LogP contribution in [0.1, 0.15) is 25.5 Å². The van der Waals surface area contributed by atoms with Gasteiger partial charge < -0.3 is 15.5 Å². The van der Waals surface area contributed by atoms with Crippen molar-refractivity contribution in [2.24, 2.45) is 5.41 Å². The van der Waals surface area contributed by atoms with Crippen LogP contribution in [0.25, 0.3) is 0 Å². The maximum Gasteiger partial charge on any atom is 0.0519 e. The predicted molar refractivity (Wildman–Crippen MR) is 70.1 cm³/mol. The molecular formula is C13H20ClNO2. The first kappa shape index (κ1) is 14.5. The van der Waals surface area contributed by atoms with Gasteiger partial charge in [-0.25, -0.2) is 0 Å². The fourth-order valence-electron chi connectivity index (χ4n) is 1.50. The Hall–Kier alpha value is -0.610. The number of aliphatic hydroxyl groups excluding tert-OH is 2. The topological polar surface area (TPSA) is 52.5 Å². The van der Waals surface area contributed by atoms with Crippen LogP contribution >= 0.6 is 11.6 Å². The van der Waals surface area contributed by atoms with E-state index in [0.717, 1.165) is 10.6 Å². The zero-order valence-electron chi connectivity index (χ0n) is 10.3. The third-order valence-electron chi connectivity index (χ3n) is 2.97. The van der Waals surface area contributed by atoms with E-state index in [1.807, 2.05) is 38.1 Å². The summed E-state index contributed by atoms with van der Waals surface area (Å²) in [6.07, 6.45) is 0. The normalized spacial score (nSPS) is 13.7. The zero-order valence-corrected chi connectivity index (χ0v) is 11.0. The number of hydrogen-bond acceptors (Lipinski definition) is 3. The lowest BCUT2D eigenvalue weighted by Gasteiger charge is -2.27. The molecule has 0 aliphatic heterocycles. The van der Waals surface area contributed by atoms with E-state index in [1.165, 1.54) is 0 Å². The molecule has 17 heavy (non-hydrogen) atoms. The maximum absolute atomic E-state index is 9.20. The summed E-state index contributed by atoms with van der Waals surface area (Å²) in [5, 5.41) is 22.4. The fourth-order valence-corrected chi connectivity index (χ4v) is 1.80. The largest absolute Gasteiger partial charge is 0.396 e. The van der Waals surface area contributed by atoms with E-state index in [-0.39, 0.29) is 19.3 Å². The summed E-state index contributed by atoms with van der Waals surface area (Å²) < 4.78 is 0. The molecule has 0 amide bonds. The van der Waals surface area contributed by atoms with Crippen LogP contribution in [0.15, 0.2) is 24.3 Å². The predicted octanol–water partition coefficient (Wildman–Crippen LogP) is 1.98. The van der Waals surface area contributed by atoms with Gasteiger partial charge in [0.15, 0.2) is 0 Å². The molecular weight excluding hydrogens is 238 g/mol. The first-order chi connectivity index (χ1) is 8.02. The highest BCUT2D eigenvalue weighted by molar-refractivity contribution is 6.31. The van der Waals surface area contributed by atoms with Gasteiger partial charge in [0.1, 0.15) is 0 Å². The van der Waals surface area contributed by atoms with Crippen molar-refractivity contribution in [3.63, 3.8) is 0 Å². The average Bonchev–Trinajstić information content (AvgIpc) is 2.36. The summed E-state index contributed by atoms with van der Waals surface area (Å²) in [7, 11) is 0. The molecule has 0 saturated carbocycles. The Morgan fingerprint density at radius 3 is 2.41 bits per heavy atom. The van der Waals surface area contributed by atoms with E-state index < -0.39 is 5.41 Å². The van der Waals surface area contributed by atoms with Crippen molar-refractivity contribution in [2.45, 2.75) is 19.9 Å². The van der Waals surface area contributed by atoms with E-state index in [0.29, 0.717) is 6.54 Å². The number of hydrogen-bond donors (Lipinski definition) is 3. The number of rotatable bonds is 6. The van der Waals surface area contributed by atoms with Gasteiger partial charge in [0.05, 0.1) is 13.2 Å². The summed E-state index contributed by atoms with van der Waals surface area (Å²) in [6, 6.07) is 7.74. The quantitative estimate of drug-likeness (QED) is 0.731. The lowest BCUT2D eigenvalue weighted by Crippen LogP contribution is -2.38. The van der Waals surface area contributed by atoms with Gasteiger partial charge in [-0.05, 0) is 18.6 Å². The van der Waals surface area contributed by atoms with Crippen molar-refractivity contribution in [1.29, 1.82) is 0 Å². The third kappa shape index (κ3) is 3.96. The van der Waals surface area contributed by atoms with E-state index >= 15 is 0 Å². The van der Waals surface area contributed by atoms with Crippen LogP contribution in [-0.4, -0.2) is 30.0 Å². The van der Waals surface area contributed by atoms with Crippen molar-refractivity contribution in [1.82, 2.24) is 5.32 Å². The van der Waals surface area contributed by atoms with Gasteiger partial charge in [-0.2, -0.15) is 0 Å². The molecule has 0 unspecified atom stereocenters. The molecule has 3 N–H and O–H groups in total. The van der Waals surface area contributed by atoms with Gasteiger partial charge in [-0.1, -0.05) is 36.7 Å². The lowest BCUT2D eigenvalue weighted by molar-refractivity contribution is 0.0677. The van der Waals surface area contributed by atoms with Crippen molar-refractivity contribution in [2.75, 3.05) is 19.8 Å². The summed E-state index contributed by atoms with van der Waals surface area (Å²) in [5.41, 5.74) is 0.516. The Balaban J connectivity index is 2.62. The Labute approximate surface area is 107 Å². The highest BCUT2D eigenvalue weighted by Gasteiger charge is 2.23. The molecule has 0 saturated heterocycles. The highest BCUT2D eigenvalue weighted by Crippen LogP contribution is 2.23. The highest BCUT2D eigenvalue weighted by atomic mass is 35.5. The molecule has 0 spiro atoms. The number of halogens is 1. The van der Waals surface area contributed by atoms with Gasteiger partial charge >= 0.3 is 0 Å². The summed E-state index contributed by atoms with van der Waals surface area (Å²) >= 11 is 6.10. The minimum absolute atomic E-state index is 0.0499. The summed E-state index contributed by atoms with van der Waals surface area (Å²) in [5.74, 6) is 0. The van der Waals surface area contributed by atoms with Crippen molar-refractivity contribution in [3.05, 3.63) is 34.9 Å². The molecule has 1 aromatic carbocycles. The molecule has 96 valence electrons. The molecule has 1 rings (SSSR count).